The lowest BCUT2D eigenvalue weighted by Gasteiger charge is -2.12. The van der Waals surface area contributed by atoms with Gasteiger partial charge >= 0.3 is 0 Å². The summed E-state index contributed by atoms with van der Waals surface area (Å²) < 4.78 is 16.7. The Morgan fingerprint density at radius 3 is 2.74 bits per heavy atom. The molecule has 0 aliphatic carbocycles. The van der Waals surface area contributed by atoms with Crippen molar-refractivity contribution in [2.45, 2.75) is 13.3 Å². The van der Waals surface area contributed by atoms with Crippen molar-refractivity contribution in [2.75, 3.05) is 25.1 Å². The highest BCUT2D eigenvalue weighted by molar-refractivity contribution is 6.06. The van der Waals surface area contributed by atoms with Crippen molar-refractivity contribution < 1.29 is 19.0 Å². The summed E-state index contributed by atoms with van der Waals surface area (Å²) >= 11 is 0. The van der Waals surface area contributed by atoms with E-state index in [1.807, 2.05) is 25.1 Å². The van der Waals surface area contributed by atoms with E-state index in [0.717, 1.165) is 6.42 Å². The second-order valence-electron chi connectivity index (χ2n) is 5.10. The van der Waals surface area contributed by atoms with E-state index in [1.165, 1.54) is 0 Å². The van der Waals surface area contributed by atoms with Crippen molar-refractivity contribution in [3.8, 4) is 17.2 Å². The summed E-state index contributed by atoms with van der Waals surface area (Å²) in [6.07, 6.45) is 0.845. The first-order chi connectivity index (χ1) is 11.3. The standard InChI is InChI=1S/C18H19NO4/c1-2-21-15-7-4-3-6-14(15)18(20)19-13-8-9-16-17(12-13)23-11-5-10-22-16/h3-4,6-9,12H,2,5,10-11H2,1H3,(H,19,20). The number of carbonyl (C=O) groups excluding carboxylic acids is 1. The van der Waals surface area contributed by atoms with Crippen LogP contribution in [0.3, 0.4) is 0 Å². The smallest absolute Gasteiger partial charge is 0.259 e. The molecule has 0 spiro atoms. The summed E-state index contributed by atoms with van der Waals surface area (Å²) in [6, 6.07) is 12.6. The molecule has 0 atom stereocenters. The molecule has 0 unspecified atom stereocenters. The lowest BCUT2D eigenvalue weighted by molar-refractivity contribution is 0.102. The van der Waals surface area contributed by atoms with Gasteiger partial charge in [0.05, 0.1) is 25.4 Å². The molecule has 2 aromatic carbocycles. The van der Waals surface area contributed by atoms with Crippen LogP contribution in [0.25, 0.3) is 0 Å². The van der Waals surface area contributed by atoms with Crippen LogP contribution in [-0.2, 0) is 0 Å². The fraction of sp³-hybridized carbons (Fsp3) is 0.278. The molecule has 1 heterocycles. The van der Waals surface area contributed by atoms with Gasteiger partial charge in [-0.1, -0.05) is 12.1 Å². The predicted octanol–water partition coefficient (Wildman–Crippen LogP) is 3.50. The van der Waals surface area contributed by atoms with E-state index in [-0.39, 0.29) is 5.91 Å². The number of amides is 1. The molecule has 0 aromatic heterocycles. The molecule has 5 heteroatoms. The van der Waals surface area contributed by atoms with Crippen molar-refractivity contribution in [3.63, 3.8) is 0 Å². The van der Waals surface area contributed by atoms with Crippen LogP contribution in [0.15, 0.2) is 42.5 Å². The second kappa shape index (κ2) is 7.05. The maximum atomic E-state index is 12.5. The summed E-state index contributed by atoms with van der Waals surface area (Å²) in [5.74, 6) is 1.71. The average molecular weight is 313 g/mol. The van der Waals surface area contributed by atoms with Gasteiger partial charge in [-0.3, -0.25) is 4.79 Å². The SMILES string of the molecule is CCOc1ccccc1C(=O)Nc1ccc2c(c1)OCCCO2. The summed E-state index contributed by atoms with van der Waals surface area (Å²) in [4.78, 5) is 12.5. The van der Waals surface area contributed by atoms with Crippen molar-refractivity contribution in [3.05, 3.63) is 48.0 Å². The Morgan fingerprint density at radius 2 is 1.91 bits per heavy atom. The van der Waals surface area contributed by atoms with Crippen LogP contribution in [0.2, 0.25) is 0 Å². The molecule has 2 aromatic rings. The van der Waals surface area contributed by atoms with Gasteiger partial charge in [0.2, 0.25) is 0 Å². The minimum absolute atomic E-state index is 0.219. The van der Waals surface area contributed by atoms with E-state index < -0.39 is 0 Å². The zero-order chi connectivity index (χ0) is 16.1. The summed E-state index contributed by atoms with van der Waals surface area (Å²) in [5, 5.41) is 2.87. The molecule has 0 bridgehead atoms. The molecule has 23 heavy (non-hydrogen) atoms. The highest BCUT2D eigenvalue weighted by atomic mass is 16.5. The lowest BCUT2D eigenvalue weighted by Crippen LogP contribution is -2.13. The number of fused-ring (bicyclic) bond motifs is 1. The highest BCUT2D eigenvalue weighted by Crippen LogP contribution is 2.32. The van der Waals surface area contributed by atoms with E-state index in [0.29, 0.717) is 48.3 Å². The molecular formula is C18H19NO4. The highest BCUT2D eigenvalue weighted by Gasteiger charge is 2.15. The maximum absolute atomic E-state index is 12.5. The number of para-hydroxylation sites is 1. The number of benzene rings is 2. The number of rotatable bonds is 4. The van der Waals surface area contributed by atoms with Crippen LogP contribution in [0.4, 0.5) is 5.69 Å². The van der Waals surface area contributed by atoms with E-state index in [1.54, 1.807) is 24.3 Å². The number of hydrogen-bond acceptors (Lipinski definition) is 4. The first kappa shape index (κ1) is 15.2. The van der Waals surface area contributed by atoms with Crippen LogP contribution in [-0.4, -0.2) is 25.7 Å². The monoisotopic (exact) mass is 313 g/mol. The van der Waals surface area contributed by atoms with Gasteiger partial charge in [0.25, 0.3) is 5.91 Å². The number of nitrogens with one attached hydrogen (secondary N) is 1. The Balaban J connectivity index is 1.79. The molecule has 1 amide bonds. The van der Waals surface area contributed by atoms with Gasteiger partial charge in [-0.05, 0) is 31.2 Å². The number of anilines is 1. The molecule has 1 aliphatic heterocycles. The normalized spacial score (nSPS) is 13.1. The predicted molar refractivity (Wildman–Crippen MR) is 87.6 cm³/mol. The fourth-order valence-electron chi connectivity index (χ4n) is 2.38. The molecule has 0 saturated carbocycles. The fourth-order valence-corrected chi connectivity index (χ4v) is 2.38. The van der Waals surface area contributed by atoms with E-state index in [2.05, 4.69) is 5.32 Å². The Hall–Kier alpha value is -2.69. The minimum atomic E-state index is -0.219. The lowest BCUT2D eigenvalue weighted by atomic mass is 10.1. The van der Waals surface area contributed by atoms with Crippen LogP contribution in [0, 0.1) is 0 Å². The molecule has 5 nitrogen and oxygen atoms in total. The summed E-state index contributed by atoms with van der Waals surface area (Å²) in [7, 11) is 0. The molecule has 0 radical (unpaired) electrons. The average Bonchev–Trinajstić information content (AvgIpc) is 2.80. The van der Waals surface area contributed by atoms with Crippen LogP contribution >= 0.6 is 0 Å². The van der Waals surface area contributed by atoms with Crippen molar-refractivity contribution in [1.82, 2.24) is 0 Å². The van der Waals surface area contributed by atoms with Gasteiger partial charge in [-0.25, -0.2) is 0 Å². The zero-order valence-electron chi connectivity index (χ0n) is 13.0. The van der Waals surface area contributed by atoms with E-state index in [4.69, 9.17) is 14.2 Å². The van der Waals surface area contributed by atoms with Crippen molar-refractivity contribution in [1.29, 1.82) is 0 Å². The van der Waals surface area contributed by atoms with Crippen LogP contribution in [0.1, 0.15) is 23.7 Å². The first-order valence-corrected chi connectivity index (χ1v) is 7.71. The molecule has 1 aliphatic rings. The molecule has 0 fully saturated rings. The zero-order valence-corrected chi connectivity index (χ0v) is 13.0. The first-order valence-electron chi connectivity index (χ1n) is 7.71. The Labute approximate surface area is 135 Å². The third-order valence-corrected chi connectivity index (χ3v) is 3.44. The quantitative estimate of drug-likeness (QED) is 0.938. The third-order valence-electron chi connectivity index (χ3n) is 3.44. The van der Waals surface area contributed by atoms with Crippen molar-refractivity contribution >= 4 is 11.6 Å². The molecule has 0 saturated heterocycles. The van der Waals surface area contributed by atoms with Gasteiger partial charge in [-0.15, -0.1) is 0 Å². The minimum Gasteiger partial charge on any atom is -0.493 e. The molecule has 3 rings (SSSR count). The Morgan fingerprint density at radius 1 is 1.13 bits per heavy atom. The van der Waals surface area contributed by atoms with Gasteiger partial charge in [0, 0.05) is 18.2 Å². The Kier molecular flexibility index (Phi) is 4.66. The van der Waals surface area contributed by atoms with E-state index >= 15 is 0 Å². The largest absolute Gasteiger partial charge is 0.493 e. The summed E-state index contributed by atoms with van der Waals surface area (Å²) in [6.45, 7) is 3.64. The number of ether oxygens (including phenoxy) is 3. The molecular weight excluding hydrogens is 294 g/mol. The van der Waals surface area contributed by atoms with Gasteiger partial charge in [0.1, 0.15) is 5.75 Å². The van der Waals surface area contributed by atoms with Gasteiger partial charge < -0.3 is 19.5 Å². The second-order valence-corrected chi connectivity index (χ2v) is 5.10. The van der Waals surface area contributed by atoms with Gasteiger partial charge in [-0.2, -0.15) is 0 Å². The Bertz CT molecular complexity index is 699. The number of hydrogen-bond donors (Lipinski definition) is 1. The third kappa shape index (κ3) is 3.56. The maximum Gasteiger partial charge on any atom is 0.259 e. The van der Waals surface area contributed by atoms with Crippen molar-refractivity contribution in [2.24, 2.45) is 0 Å². The van der Waals surface area contributed by atoms with Gasteiger partial charge in [0.15, 0.2) is 11.5 Å². The van der Waals surface area contributed by atoms with Crippen LogP contribution < -0.4 is 19.5 Å². The van der Waals surface area contributed by atoms with E-state index in [9.17, 15) is 4.79 Å². The molecule has 120 valence electrons. The topological polar surface area (TPSA) is 56.8 Å². The summed E-state index contributed by atoms with van der Waals surface area (Å²) in [5.41, 5.74) is 1.16. The number of carbonyl (C=O) groups is 1. The molecule has 1 N–H and O–H groups in total. The van der Waals surface area contributed by atoms with Crippen LogP contribution in [0.5, 0.6) is 17.2 Å².